The van der Waals surface area contributed by atoms with E-state index in [-0.39, 0.29) is 0 Å². The van der Waals surface area contributed by atoms with Gasteiger partial charge in [0.25, 0.3) is 0 Å². The number of carboxylic acid groups (broad SMARTS) is 1. The molecule has 1 aromatic carbocycles. The zero-order valence-electron chi connectivity index (χ0n) is 10.3. The first-order valence-corrected chi connectivity index (χ1v) is 7.33. The van der Waals surface area contributed by atoms with E-state index in [1.54, 1.807) is 0 Å². The van der Waals surface area contributed by atoms with Crippen molar-refractivity contribution in [2.24, 2.45) is 5.73 Å². The number of carboxylic acids is 1. The third kappa shape index (κ3) is 3.27. The van der Waals surface area contributed by atoms with E-state index in [4.69, 9.17) is 10.8 Å². The minimum atomic E-state index is -1.01. The molecule has 98 valence electrons. The zero-order chi connectivity index (χ0) is 13.0. The van der Waals surface area contributed by atoms with Crippen LogP contribution in [-0.4, -0.2) is 21.9 Å². The molecule has 0 aromatic heterocycles. The molecular weight excluding hydrogens is 246 g/mol. The molecule has 1 saturated carbocycles. The highest BCUT2D eigenvalue weighted by Gasteiger charge is 2.39. The van der Waals surface area contributed by atoms with Crippen molar-refractivity contribution in [3.05, 3.63) is 35.9 Å². The molecule has 1 fully saturated rings. The molecule has 0 saturated heterocycles. The first-order chi connectivity index (χ1) is 8.60. The lowest BCUT2D eigenvalue weighted by molar-refractivity contribution is -0.144. The highest BCUT2D eigenvalue weighted by Crippen LogP contribution is 2.35. The minimum Gasteiger partial charge on any atom is -0.480 e. The van der Waals surface area contributed by atoms with Crippen molar-refractivity contribution in [1.29, 1.82) is 0 Å². The first kappa shape index (κ1) is 13.4. The van der Waals surface area contributed by atoms with Gasteiger partial charge in [-0.05, 0) is 31.2 Å². The summed E-state index contributed by atoms with van der Waals surface area (Å²) in [4.78, 5) is 11.2. The fourth-order valence-electron chi connectivity index (χ4n) is 2.38. The molecule has 3 nitrogen and oxygen atoms in total. The van der Waals surface area contributed by atoms with E-state index in [1.165, 1.54) is 5.56 Å². The van der Waals surface area contributed by atoms with Gasteiger partial charge in [-0.25, -0.2) is 0 Å². The van der Waals surface area contributed by atoms with Crippen LogP contribution in [0.3, 0.4) is 0 Å². The molecule has 0 aliphatic heterocycles. The summed E-state index contributed by atoms with van der Waals surface area (Å²) in [6.07, 6.45) is 3.17. The summed E-state index contributed by atoms with van der Waals surface area (Å²) in [6.45, 7) is 0. The molecule has 0 amide bonds. The quantitative estimate of drug-likeness (QED) is 0.878. The van der Waals surface area contributed by atoms with Gasteiger partial charge in [0.15, 0.2) is 0 Å². The van der Waals surface area contributed by atoms with Gasteiger partial charge in [0.05, 0.1) is 0 Å². The monoisotopic (exact) mass is 265 g/mol. The Balaban J connectivity index is 1.89. The Hall–Kier alpha value is -1.00. The molecule has 2 atom stereocenters. The van der Waals surface area contributed by atoms with E-state index >= 15 is 0 Å². The Morgan fingerprint density at radius 2 is 2.17 bits per heavy atom. The van der Waals surface area contributed by atoms with Crippen molar-refractivity contribution in [3.8, 4) is 0 Å². The average Bonchev–Trinajstić information content (AvgIpc) is 2.38. The lowest BCUT2D eigenvalue weighted by Crippen LogP contribution is -2.51. The van der Waals surface area contributed by atoms with E-state index in [0.29, 0.717) is 18.1 Å². The van der Waals surface area contributed by atoms with Crippen molar-refractivity contribution >= 4 is 17.7 Å². The van der Waals surface area contributed by atoms with Crippen molar-refractivity contribution in [3.63, 3.8) is 0 Å². The van der Waals surface area contributed by atoms with E-state index in [1.807, 2.05) is 30.0 Å². The average molecular weight is 265 g/mol. The van der Waals surface area contributed by atoms with Crippen LogP contribution in [0.2, 0.25) is 0 Å². The van der Waals surface area contributed by atoms with E-state index < -0.39 is 11.5 Å². The van der Waals surface area contributed by atoms with Gasteiger partial charge in [-0.3, -0.25) is 4.79 Å². The number of aliphatic carboxylic acids is 1. The molecule has 0 heterocycles. The lowest BCUT2D eigenvalue weighted by Gasteiger charge is -2.34. The molecule has 2 rings (SSSR count). The van der Waals surface area contributed by atoms with E-state index in [2.05, 4.69) is 12.1 Å². The molecule has 1 aliphatic rings. The van der Waals surface area contributed by atoms with Gasteiger partial charge in [0.1, 0.15) is 5.54 Å². The molecule has 0 bridgehead atoms. The van der Waals surface area contributed by atoms with Crippen molar-refractivity contribution in [2.75, 3.05) is 0 Å². The van der Waals surface area contributed by atoms with Gasteiger partial charge in [-0.2, -0.15) is 11.8 Å². The number of nitrogens with two attached hydrogens (primary N) is 1. The Morgan fingerprint density at radius 3 is 2.83 bits per heavy atom. The Labute approximate surface area is 112 Å². The van der Waals surface area contributed by atoms with Crippen molar-refractivity contribution in [2.45, 2.75) is 42.2 Å². The van der Waals surface area contributed by atoms with Crippen LogP contribution in [0.4, 0.5) is 0 Å². The van der Waals surface area contributed by atoms with Crippen molar-refractivity contribution in [1.82, 2.24) is 0 Å². The van der Waals surface area contributed by atoms with E-state index in [0.717, 1.165) is 18.6 Å². The standard InChI is InChI=1S/C14H19NO2S/c15-14(13(16)17)8-4-7-12(9-14)18-10-11-5-2-1-3-6-11/h1-3,5-6,12H,4,7-10,15H2,(H,16,17). The number of carbonyl (C=O) groups is 1. The number of benzene rings is 1. The van der Waals surface area contributed by atoms with Gasteiger partial charge >= 0.3 is 5.97 Å². The normalized spacial score (nSPS) is 27.9. The topological polar surface area (TPSA) is 63.3 Å². The van der Waals surface area contributed by atoms with Crippen LogP contribution < -0.4 is 5.73 Å². The second-order valence-corrected chi connectivity index (χ2v) is 6.26. The summed E-state index contributed by atoms with van der Waals surface area (Å²) in [5, 5.41) is 9.53. The highest BCUT2D eigenvalue weighted by molar-refractivity contribution is 7.99. The van der Waals surface area contributed by atoms with E-state index in [9.17, 15) is 4.79 Å². The molecule has 1 aliphatic carbocycles. The number of hydrogen-bond acceptors (Lipinski definition) is 3. The summed E-state index contributed by atoms with van der Waals surface area (Å²) in [6, 6.07) is 10.3. The SMILES string of the molecule is NC1(C(=O)O)CCCC(SCc2ccccc2)C1. The fraction of sp³-hybridized carbons (Fsp3) is 0.500. The summed E-state index contributed by atoms with van der Waals surface area (Å²) in [7, 11) is 0. The third-order valence-corrected chi connectivity index (χ3v) is 4.87. The van der Waals surface area contributed by atoms with Gasteiger partial charge in [0, 0.05) is 11.0 Å². The lowest BCUT2D eigenvalue weighted by atomic mass is 9.82. The predicted octanol–water partition coefficient (Wildman–Crippen LogP) is 2.64. The zero-order valence-corrected chi connectivity index (χ0v) is 11.2. The number of rotatable bonds is 4. The Bertz CT molecular complexity index is 410. The molecule has 1 aromatic rings. The molecule has 3 N–H and O–H groups in total. The molecular formula is C14H19NO2S. The van der Waals surface area contributed by atoms with Crippen LogP contribution in [0.5, 0.6) is 0 Å². The maximum Gasteiger partial charge on any atom is 0.323 e. The first-order valence-electron chi connectivity index (χ1n) is 6.28. The summed E-state index contributed by atoms with van der Waals surface area (Å²) in [5.74, 6) is 0.0776. The summed E-state index contributed by atoms with van der Waals surface area (Å²) in [5.41, 5.74) is 6.22. The van der Waals surface area contributed by atoms with Gasteiger partial charge in [-0.1, -0.05) is 30.3 Å². The Morgan fingerprint density at radius 1 is 1.44 bits per heavy atom. The van der Waals surface area contributed by atoms with Crippen LogP contribution in [-0.2, 0) is 10.5 Å². The molecule has 0 radical (unpaired) electrons. The van der Waals surface area contributed by atoms with Crippen LogP contribution in [0.25, 0.3) is 0 Å². The van der Waals surface area contributed by atoms with Crippen molar-refractivity contribution < 1.29 is 9.90 Å². The smallest absolute Gasteiger partial charge is 0.323 e. The predicted molar refractivity (Wildman–Crippen MR) is 74.5 cm³/mol. The largest absolute Gasteiger partial charge is 0.480 e. The van der Waals surface area contributed by atoms with Crippen LogP contribution in [0, 0.1) is 0 Å². The molecule has 4 heteroatoms. The molecule has 0 spiro atoms. The number of hydrogen-bond donors (Lipinski definition) is 2. The second-order valence-electron chi connectivity index (χ2n) is 4.98. The fourth-order valence-corrected chi connectivity index (χ4v) is 3.75. The maximum absolute atomic E-state index is 11.2. The van der Waals surface area contributed by atoms with Crippen LogP contribution in [0.15, 0.2) is 30.3 Å². The highest BCUT2D eigenvalue weighted by atomic mass is 32.2. The second kappa shape index (κ2) is 5.76. The molecule has 18 heavy (non-hydrogen) atoms. The van der Waals surface area contributed by atoms with Crippen LogP contribution in [0.1, 0.15) is 31.2 Å². The third-order valence-electron chi connectivity index (χ3n) is 3.50. The van der Waals surface area contributed by atoms with Gasteiger partial charge in [-0.15, -0.1) is 0 Å². The number of thioether (sulfide) groups is 1. The van der Waals surface area contributed by atoms with Crippen LogP contribution >= 0.6 is 11.8 Å². The summed E-state index contributed by atoms with van der Waals surface area (Å²) < 4.78 is 0. The van der Waals surface area contributed by atoms with Gasteiger partial charge < -0.3 is 10.8 Å². The minimum absolute atomic E-state index is 0.361. The maximum atomic E-state index is 11.2. The summed E-state index contributed by atoms with van der Waals surface area (Å²) >= 11 is 1.83. The van der Waals surface area contributed by atoms with Gasteiger partial charge in [0.2, 0.25) is 0 Å². The molecule has 2 unspecified atom stereocenters. The Kier molecular flexibility index (Phi) is 4.30.